The van der Waals surface area contributed by atoms with Crippen LogP contribution in [0.5, 0.6) is 0 Å². The molecule has 0 radical (unpaired) electrons. The van der Waals surface area contributed by atoms with E-state index in [2.05, 4.69) is 5.32 Å². The Morgan fingerprint density at radius 1 is 1.14 bits per heavy atom. The fourth-order valence-electron chi connectivity index (χ4n) is 3.29. The van der Waals surface area contributed by atoms with Crippen LogP contribution in [0.3, 0.4) is 0 Å². The number of nitrogens with one attached hydrogen (secondary N) is 1. The van der Waals surface area contributed by atoms with Gasteiger partial charge in [-0.3, -0.25) is 0 Å². The SMILES string of the molecule is C[C@H]1CN(S(=O)(=O)N2CCC(NCC3CC3)CC2)[C@@H](C)CO1. The summed E-state index contributed by atoms with van der Waals surface area (Å²) in [6, 6.07) is 0.403. The molecule has 1 aliphatic carbocycles. The Morgan fingerprint density at radius 2 is 1.82 bits per heavy atom. The Balaban J connectivity index is 1.54. The fraction of sp³-hybridized carbons (Fsp3) is 1.00. The second kappa shape index (κ2) is 6.73. The highest BCUT2D eigenvalue weighted by molar-refractivity contribution is 7.86. The van der Waals surface area contributed by atoms with E-state index in [4.69, 9.17) is 4.74 Å². The van der Waals surface area contributed by atoms with Crippen molar-refractivity contribution in [3.8, 4) is 0 Å². The van der Waals surface area contributed by atoms with Gasteiger partial charge in [-0.25, -0.2) is 0 Å². The van der Waals surface area contributed by atoms with E-state index in [1.54, 1.807) is 8.61 Å². The number of piperidine rings is 1. The summed E-state index contributed by atoms with van der Waals surface area (Å²) in [6.45, 7) is 7.17. The van der Waals surface area contributed by atoms with Gasteiger partial charge in [0.1, 0.15) is 0 Å². The average molecular weight is 331 g/mol. The van der Waals surface area contributed by atoms with Crippen LogP contribution in [0.25, 0.3) is 0 Å². The van der Waals surface area contributed by atoms with Crippen LogP contribution in [0, 0.1) is 5.92 Å². The molecule has 0 amide bonds. The molecule has 0 aromatic carbocycles. The molecule has 0 unspecified atom stereocenters. The number of morpholine rings is 1. The zero-order valence-electron chi connectivity index (χ0n) is 13.7. The van der Waals surface area contributed by atoms with Crippen molar-refractivity contribution in [2.75, 3.05) is 32.8 Å². The molecule has 0 aromatic heterocycles. The predicted octanol–water partition coefficient (Wildman–Crippen LogP) is 0.804. The number of ether oxygens (including phenoxy) is 1. The van der Waals surface area contributed by atoms with Crippen LogP contribution in [-0.4, -0.2) is 68.0 Å². The minimum Gasteiger partial charge on any atom is -0.375 e. The topological polar surface area (TPSA) is 61.9 Å². The molecule has 2 atom stereocenters. The van der Waals surface area contributed by atoms with Crippen molar-refractivity contribution in [1.29, 1.82) is 0 Å². The van der Waals surface area contributed by atoms with Gasteiger partial charge in [-0.2, -0.15) is 17.0 Å². The van der Waals surface area contributed by atoms with E-state index in [1.807, 2.05) is 13.8 Å². The van der Waals surface area contributed by atoms with Gasteiger partial charge in [-0.05, 0) is 52.0 Å². The van der Waals surface area contributed by atoms with Crippen molar-refractivity contribution in [2.45, 2.75) is 57.7 Å². The Bertz CT molecular complexity index is 472. The van der Waals surface area contributed by atoms with Crippen LogP contribution >= 0.6 is 0 Å². The second-order valence-electron chi connectivity index (χ2n) is 7.10. The predicted molar refractivity (Wildman–Crippen MR) is 85.8 cm³/mol. The summed E-state index contributed by atoms with van der Waals surface area (Å²) in [4.78, 5) is 0. The number of rotatable bonds is 5. The summed E-state index contributed by atoms with van der Waals surface area (Å²) in [5.41, 5.74) is 0. The molecule has 2 aliphatic heterocycles. The third kappa shape index (κ3) is 3.82. The molecule has 3 aliphatic rings. The van der Waals surface area contributed by atoms with Crippen LogP contribution in [0.15, 0.2) is 0 Å². The van der Waals surface area contributed by atoms with Crippen molar-refractivity contribution in [3.05, 3.63) is 0 Å². The summed E-state index contributed by atoms with van der Waals surface area (Å²) in [7, 11) is -3.35. The molecule has 2 saturated heterocycles. The Morgan fingerprint density at radius 3 is 2.45 bits per heavy atom. The molecule has 7 heteroatoms. The van der Waals surface area contributed by atoms with Crippen LogP contribution in [0.1, 0.15) is 39.5 Å². The monoisotopic (exact) mass is 331 g/mol. The van der Waals surface area contributed by atoms with Crippen LogP contribution in [-0.2, 0) is 14.9 Å². The van der Waals surface area contributed by atoms with Gasteiger partial charge < -0.3 is 10.1 Å². The maximum atomic E-state index is 12.9. The lowest BCUT2D eigenvalue weighted by molar-refractivity contribution is -0.0193. The van der Waals surface area contributed by atoms with Crippen molar-refractivity contribution in [3.63, 3.8) is 0 Å². The van der Waals surface area contributed by atoms with Gasteiger partial charge in [0.25, 0.3) is 10.2 Å². The van der Waals surface area contributed by atoms with Crippen LogP contribution < -0.4 is 5.32 Å². The highest BCUT2D eigenvalue weighted by atomic mass is 32.2. The Kier molecular flexibility index (Phi) is 5.09. The van der Waals surface area contributed by atoms with Gasteiger partial charge in [0.15, 0.2) is 0 Å². The molecule has 2 heterocycles. The molecule has 0 aromatic rings. The van der Waals surface area contributed by atoms with Crippen LogP contribution in [0.2, 0.25) is 0 Å². The van der Waals surface area contributed by atoms with Gasteiger partial charge in [-0.1, -0.05) is 0 Å². The first-order chi connectivity index (χ1) is 10.5. The summed E-state index contributed by atoms with van der Waals surface area (Å²) in [5, 5.41) is 3.60. The molecule has 6 nitrogen and oxygen atoms in total. The first kappa shape index (κ1) is 16.6. The van der Waals surface area contributed by atoms with Crippen molar-refractivity contribution >= 4 is 10.2 Å². The highest BCUT2D eigenvalue weighted by Gasteiger charge is 2.38. The standard InChI is InChI=1S/C15H29N3O3S/c1-12-11-21-13(2)10-18(12)22(19,20)17-7-5-15(6-8-17)16-9-14-3-4-14/h12-16H,3-11H2,1-2H3/t12-,13-/m0/s1. The smallest absolute Gasteiger partial charge is 0.282 e. The first-order valence-corrected chi connectivity index (χ1v) is 9.98. The fourth-order valence-corrected chi connectivity index (χ4v) is 5.17. The number of nitrogens with zero attached hydrogens (tertiary/aromatic N) is 2. The molecule has 1 N–H and O–H groups in total. The Labute approximate surface area is 134 Å². The quantitative estimate of drug-likeness (QED) is 0.810. The molecular weight excluding hydrogens is 302 g/mol. The lowest BCUT2D eigenvalue weighted by Gasteiger charge is -2.40. The van der Waals surface area contributed by atoms with E-state index in [9.17, 15) is 8.42 Å². The molecule has 3 fully saturated rings. The first-order valence-electron chi connectivity index (χ1n) is 8.58. The minimum absolute atomic E-state index is 0.0243. The minimum atomic E-state index is -3.35. The van der Waals surface area contributed by atoms with E-state index in [-0.39, 0.29) is 12.1 Å². The number of hydrogen-bond acceptors (Lipinski definition) is 4. The van der Waals surface area contributed by atoms with Crippen molar-refractivity contribution in [1.82, 2.24) is 13.9 Å². The maximum Gasteiger partial charge on any atom is 0.282 e. The normalized spacial score (nSPS) is 33.2. The number of hydrogen-bond donors (Lipinski definition) is 1. The van der Waals surface area contributed by atoms with Gasteiger partial charge in [0.2, 0.25) is 0 Å². The molecule has 22 heavy (non-hydrogen) atoms. The van der Waals surface area contributed by atoms with E-state index in [0.717, 1.165) is 25.3 Å². The summed E-state index contributed by atoms with van der Waals surface area (Å²) >= 11 is 0. The molecule has 128 valence electrons. The van der Waals surface area contributed by atoms with Crippen LogP contribution in [0.4, 0.5) is 0 Å². The molecular formula is C15H29N3O3S. The van der Waals surface area contributed by atoms with E-state index in [1.165, 1.54) is 12.8 Å². The third-order valence-corrected chi connectivity index (χ3v) is 7.14. The molecule has 3 rings (SSSR count). The molecule has 0 spiro atoms. The van der Waals surface area contributed by atoms with Gasteiger partial charge >= 0.3 is 0 Å². The van der Waals surface area contributed by atoms with E-state index < -0.39 is 10.2 Å². The Hall–Kier alpha value is -0.210. The molecule has 1 saturated carbocycles. The average Bonchev–Trinajstić information content (AvgIpc) is 3.32. The van der Waals surface area contributed by atoms with E-state index >= 15 is 0 Å². The lowest BCUT2D eigenvalue weighted by atomic mass is 10.1. The van der Waals surface area contributed by atoms with Gasteiger partial charge in [-0.15, -0.1) is 0 Å². The van der Waals surface area contributed by atoms with Gasteiger partial charge in [0, 0.05) is 31.7 Å². The molecule has 0 bridgehead atoms. The highest BCUT2D eigenvalue weighted by Crippen LogP contribution is 2.28. The van der Waals surface area contributed by atoms with Crippen molar-refractivity contribution in [2.24, 2.45) is 5.92 Å². The summed E-state index contributed by atoms with van der Waals surface area (Å²) < 4.78 is 34.5. The second-order valence-corrected chi connectivity index (χ2v) is 8.98. The van der Waals surface area contributed by atoms with E-state index in [0.29, 0.717) is 32.3 Å². The summed E-state index contributed by atoms with van der Waals surface area (Å²) in [5.74, 6) is 0.873. The maximum absolute atomic E-state index is 12.9. The summed E-state index contributed by atoms with van der Waals surface area (Å²) in [6.07, 6.45) is 4.52. The van der Waals surface area contributed by atoms with Crippen molar-refractivity contribution < 1.29 is 13.2 Å². The zero-order chi connectivity index (χ0) is 15.7. The largest absolute Gasteiger partial charge is 0.375 e. The zero-order valence-corrected chi connectivity index (χ0v) is 14.5. The lowest BCUT2D eigenvalue weighted by Crippen LogP contribution is -2.57. The van der Waals surface area contributed by atoms with Gasteiger partial charge in [0.05, 0.1) is 12.7 Å². The third-order valence-electron chi connectivity index (χ3n) is 5.02.